The molecule has 0 saturated heterocycles. The van der Waals surface area contributed by atoms with Crippen LogP contribution in [0.15, 0.2) is 29.5 Å². The number of hydrogen-bond acceptors (Lipinski definition) is 9. The summed E-state index contributed by atoms with van der Waals surface area (Å²) in [6.45, 7) is 1.69. The number of Topliss-reactive ketones (excluding diaryl/α,β-unsaturated/α-hetero) is 2. The summed E-state index contributed by atoms with van der Waals surface area (Å²) in [6.07, 6.45) is -3.31. The van der Waals surface area contributed by atoms with E-state index in [4.69, 9.17) is 10.5 Å². The number of nitrogens with two attached hydrogens (primary N) is 1. The van der Waals surface area contributed by atoms with Crippen molar-refractivity contribution < 1.29 is 44.3 Å². The van der Waals surface area contributed by atoms with Gasteiger partial charge >= 0.3 is 5.97 Å². The molecule has 33 heavy (non-hydrogen) atoms. The fourth-order valence-electron chi connectivity index (χ4n) is 5.57. The zero-order valence-corrected chi connectivity index (χ0v) is 19.0. The van der Waals surface area contributed by atoms with Crippen LogP contribution in [0.3, 0.4) is 0 Å². The quantitative estimate of drug-likeness (QED) is 0.210. The summed E-state index contributed by atoms with van der Waals surface area (Å²) < 4.78 is 5.56. The lowest BCUT2D eigenvalue weighted by Gasteiger charge is -2.53. The van der Waals surface area contributed by atoms with Crippen LogP contribution in [0.4, 0.5) is 0 Å². The summed E-state index contributed by atoms with van der Waals surface area (Å²) in [7, 11) is 0. The van der Waals surface area contributed by atoms with Crippen LogP contribution in [0.5, 0.6) is 5.75 Å². The number of carbonyl (C=O) groups excluding carboxylic acids is 4. The number of alkyl halides is 1. The predicted octanol–water partition coefficient (Wildman–Crippen LogP) is 0.223. The first-order valence-corrected chi connectivity index (χ1v) is 11.4. The minimum Gasteiger partial charge on any atom is -0.508 e. The summed E-state index contributed by atoms with van der Waals surface area (Å²) >= 11 is 2.98. The zero-order chi connectivity index (χ0) is 24.4. The van der Waals surface area contributed by atoms with E-state index in [0.717, 1.165) is 0 Å². The molecule has 1 fully saturated rings. The number of carbonyl (C=O) groups is 4. The fourth-order valence-corrected chi connectivity index (χ4v) is 5.70. The number of hydrogen-bond donors (Lipinski definition) is 5. The number of amides is 1. The molecule has 10 nitrogen and oxygen atoms in total. The number of aliphatic hydroxyl groups is 3. The van der Waals surface area contributed by atoms with Crippen molar-refractivity contribution in [2.45, 2.75) is 37.1 Å². The summed E-state index contributed by atoms with van der Waals surface area (Å²) in [4.78, 5) is 50.8. The number of esters is 1. The maximum absolute atomic E-state index is 13.4. The van der Waals surface area contributed by atoms with Crippen LogP contribution in [-0.4, -0.2) is 67.0 Å². The van der Waals surface area contributed by atoms with Crippen LogP contribution >= 0.6 is 15.9 Å². The molecule has 3 aliphatic rings. The molecule has 0 aromatic heterocycles. The molecule has 11 heteroatoms. The molecule has 0 bridgehead atoms. The number of ketones is 2. The van der Waals surface area contributed by atoms with E-state index in [-0.39, 0.29) is 16.6 Å². The lowest BCUT2D eigenvalue weighted by molar-refractivity contribution is -0.189. The summed E-state index contributed by atoms with van der Waals surface area (Å²) in [5.41, 5.74) is 2.38. The predicted molar refractivity (Wildman–Crippen MR) is 114 cm³/mol. The van der Waals surface area contributed by atoms with Gasteiger partial charge in [-0.25, -0.2) is 0 Å². The number of benzene rings is 1. The van der Waals surface area contributed by atoms with Gasteiger partial charge in [-0.3, -0.25) is 19.2 Å². The first-order valence-electron chi connectivity index (χ1n) is 10.3. The summed E-state index contributed by atoms with van der Waals surface area (Å²) in [5, 5.41) is 43.2. The first kappa shape index (κ1) is 23.4. The van der Waals surface area contributed by atoms with Gasteiger partial charge < -0.3 is 30.9 Å². The maximum atomic E-state index is 13.4. The Bertz CT molecular complexity index is 1120. The lowest BCUT2D eigenvalue weighted by atomic mass is 9.54. The normalized spacial score (nSPS) is 35.4. The highest BCUT2D eigenvalue weighted by Gasteiger charge is 2.67. The van der Waals surface area contributed by atoms with E-state index >= 15 is 0 Å². The smallest absolute Gasteiger partial charge is 0.316 e. The van der Waals surface area contributed by atoms with Crippen molar-refractivity contribution in [3.63, 3.8) is 0 Å². The summed E-state index contributed by atoms with van der Waals surface area (Å²) in [6, 6.07) is 4.44. The van der Waals surface area contributed by atoms with Gasteiger partial charge in [0.25, 0.3) is 0 Å². The van der Waals surface area contributed by atoms with Crippen molar-refractivity contribution in [1.29, 1.82) is 0 Å². The van der Waals surface area contributed by atoms with E-state index < -0.39 is 82.7 Å². The molecule has 6 N–H and O–H groups in total. The van der Waals surface area contributed by atoms with E-state index in [1.807, 2.05) is 0 Å². The Labute approximate surface area is 196 Å². The Morgan fingerprint density at radius 3 is 2.55 bits per heavy atom. The molecule has 176 valence electrons. The molecule has 4 rings (SSSR count). The van der Waals surface area contributed by atoms with Gasteiger partial charge in [0.05, 0.1) is 11.7 Å². The number of primary amides is 1. The second kappa shape index (κ2) is 7.93. The third-order valence-electron chi connectivity index (χ3n) is 7.03. The molecule has 1 aromatic rings. The highest BCUT2D eigenvalue weighted by atomic mass is 79.9. The molecule has 0 radical (unpaired) electrons. The van der Waals surface area contributed by atoms with Gasteiger partial charge in [0.2, 0.25) is 5.91 Å². The van der Waals surface area contributed by atoms with Gasteiger partial charge in [-0.15, -0.1) is 0 Å². The Kier molecular flexibility index (Phi) is 5.62. The van der Waals surface area contributed by atoms with Crippen LogP contribution in [0.25, 0.3) is 0 Å². The second-order valence-corrected chi connectivity index (χ2v) is 9.22. The van der Waals surface area contributed by atoms with Gasteiger partial charge in [-0.1, -0.05) is 35.0 Å². The Morgan fingerprint density at radius 2 is 1.94 bits per heavy atom. The van der Waals surface area contributed by atoms with Gasteiger partial charge in [0, 0.05) is 17.4 Å². The van der Waals surface area contributed by atoms with Gasteiger partial charge in [0.1, 0.15) is 28.9 Å². The van der Waals surface area contributed by atoms with Crippen LogP contribution in [0.1, 0.15) is 35.2 Å². The maximum Gasteiger partial charge on any atom is 0.316 e. The molecule has 1 amide bonds. The topological polar surface area (TPSA) is 184 Å². The third-order valence-corrected chi connectivity index (χ3v) is 7.49. The van der Waals surface area contributed by atoms with Gasteiger partial charge in [-0.05, 0) is 24.0 Å². The molecular formula is C22H22BrNO9. The van der Waals surface area contributed by atoms with E-state index in [0.29, 0.717) is 5.56 Å². The van der Waals surface area contributed by atoms with E-state index in [1.54, 1.807) is 13.0 Å². The molecule has 1 saturated carbocycles. The first-order chi connectivity index (χ1) is 15.5. The molecule has 7 atom stereocenters. The number of halogens is 1. The minimum absolute atomic E-state index is 0.106. The molecule has 2 unspecified atom stereocenters. The number of aromatic hydroxyl groups is 1. The number of rotatable bonds is 3. The Morgan fingerprint density at radius 1 is 1.27 bits per heavy atom. The lowest BCUT2D eigenvalue weighted by Crippen LogP contribution is -2.67. The number of phenolic OH excluding ortho intramolecular Hbond substituents is 1. The summed E-state index contributed by atoms with van der Waals surface area (Å²) in [5.74, 6) is -10.2. The number of fused-ring (bicyclic) bond motifs is 3. The number of ether oxygens (including phenoxy) is 1. The van der Waals surface area contributed by atoms with Crippen molar-refractivity contribution >= 4 is 39.4 Å². The van der Waals surface area contributed by atoms with E-state index in [2.05, 4.69) is 15.9 Å². The highest BCUT2D eigenvalue weighted by Crippen LogP contribution is 2.55. The second-order valence-electron chi connectivity index (χ2n) is 8.66. The fraction of sp³-hybridized carbons (Fsp3) is 0.455. The van der Waals surface area contributed by atoms with Crippen LogP contribution in [0, 0.1) is 17.8 Å². The van der Waals surface area contributed by atoms with Gasteiger partial charge in [-0.2, -0.15) is 0 Å². The highest BCUT2D eigenvalue weighted by molar-refractivity contribution is 9.09. The average Bonchev–Trinajstić information content (AvgIpc) is 2.75. The van der Waals surface area contributed by atoms with Crippen molar-refractivity contribution in [2.75, 3.05) is 5.33 Å². The molecule has 3 aliphatic carbocycles. The molecule has 1 aromatic carbocycles. The average molecular weight is 524 g/mol. The van der Waals surface area contributed by atoms with Crippen molar-refractivity contribution in [3.8, 4) is 5.75 Å². The van der Waals surface area contributed by atoms with E-state index in [1.165, 1.54) is 12.1 Å². The largest absolute Gasteiger partial charge is 0.508 e. The van der Waals surface area contributed by atoms with E-state index in [9.17, 15) is 39.6 Å². The van der Waals surface area contributed by atoms with Gasteiger partial charge in [0.15, 0.2) is 17.2 Å². The SMILES string of the molecule is C[C@H]1c2cccc(O)c2C(=O)C2=C(O)[C@]3(O)C(=O)C(C(N)=O)C(O)C[C@@H]3[C@@H](OC(=O)CBr)[C@@H]21. The van der Waals surface area contributed by atoms with Crippen LogP contribution in [0.2, 0.25) is 0 Å². The van der Waals surface area contributed by atoms with Crippen LogP contribution < -0.4 is 5.73 Å². The molecular weight excluding hydrogens is 502 g/mol. The van der Waals surface area contributed by atoms with Crippen molar-refractivity contribution in [3.05, 3.63) is 40.7 Å². The standard InChI is InChI=1S/C22H22BrNO9/c1-7-8-3-2-4-10(25)14(8)17(28)16-13(7)18(33-12(27)6-23)9-5-11(26)15(21(24)31)19(29)22(9,32)20(16)30/h2-4,7,9,11,13,15,18,25-26,30,32H,5-6H2,1H3,(H2,24,31)/t7-,9+,11?,13+,15?,18+,22+/m0/s1. The Balaban J connectivity index is 2.00. The molecule has 0 heterocycles. The van der Waals surface area contributed by atoms with Crippen LogP contribution in [-0.2, 0) is 19.1 Å². The molecule has 0 spiro atoms. The van der Waals surface area contributed by atoms with Crippen molar-refractivity contribution in [1.82, 2.24) is 0 Å². The Hall–Kier alpha value is -2.76. The number of phenols is 1. The third kappa shape index (κ3) is 3.13. The van der Waals surface area contributed by atoms with Crippen molar-refractivity contribution in [2.24, 2.45) is 23.5 Å². The zero-order valence-electron chi connectivity index (χ0n) is 17.4. The minimum atomic E-state index is -2.81. The number of aliphatic hydroxyl groups excluding tert-OH is 2. The monoisotopic (exact) mass is 523 g/mol. The molecule has 0 aliphatic heterocycles.